The SMILES string of the molecule is NC(=O)COC(=O)c1ccccc1SCc1ccccc1F. The molecule has 0 bridgehead atoms. The highest BCUT2D eigenvalue weighted by molar-refractivity contribution is 7.98. The number of primary amides is 1. The summed E-state index contributed by atoms with van der Waals surface area (Å²) in [4.78, 5) is 23.3. The Balaban J connectivity index is 2.10. The van der Waals surface area contributed by atoms with E-state index in [9.17, 15) is 14.0 Å². The number of thioether (sulfide) groups is 1. The molecule has 2 aromatic rings. The second-order valence-corrected chi connectivity index (χ2v) is 5.44. The fraction of sp³-hybridized carbons (Fsp3) is 0.125. The maximum atomic E-state index is 13.6. The van der Waals surface area contributed by atoms with Crippen molar-refractivity contribution in [2.24, 2.45) is 5.73 Å². The molecule has 0 heterocycles. The third-order valence-corrected chi connectivity index (χ3v) is 3.92. The van der Waals surface area contributed by atoms with Gasteiger partial charge in [-0.1, -0.05) is 30.3 Å². The number of amides is 1. The number of hydrogen-bond acceptors (Lipinski definition) is 4. The number of hydrogen-bond donors (Lipinski definition) is 1. The molecule has 2 N–H and O–H groups in total. The first kappa shape index (κ1) is 16.0. The lowest BCUT2D eigenvalue weighted by atomic mass is 10.2. The second kappa shape index (κ2) is 7.61. The molecule has 0 saturated carbocycles. The molecule has 0 spiro atoms. The van der Waals surface area contributed by atoms with Crippen molar-refractivity contribution in [2.75, 3.05) is 6.61 Å². The summed E-state index contributed by atoms with van der Waals surface area (Å²) in [7, 11) is 0. The molecule has 114 valence electrons. The molecule has 0 aromatic heterocycles. The van der Waals surface area contributed by atoms with Crippen LogP contribution in [0, 0.1) is 5.82 Å². The van der Waals surface area contributed by atoms with Crippen molar-refractivity contribution in [1.82, 2.24) is 0 Å². The van der Waals surface area contributed by atoms with Gasteiger partial charge in [0.25, 0.3) is 5.91 Å². The van der Waals surface area contributed by atoms with E-state index >= 15 is 0 Å². The quantitative estimate of drug-likeness (QED) is 0.656. The summed E-state index contributed by atoms with van der Waals surface area (Å²) < 4.78 is 18.4. The molecular formula is C16H14FNO3S. The Labute approximate surface area is 131 Å². The Morgan fingerprint density at radius 2 is 1.77 bits per heavy atom. The number of esters is 1. The number of carbonyl (C=O) groups is 2. The Kier molecular flexibility index (Phi) is 5.55. The summed E-state index contributed by atoms with van der Waals surface area (Å²) in [5, 5.41) is 0. The number of nitrogens with two attached hydrogens (primary N) is 1. The lowest BCUT2D eigenvalue weighted by molar-refractivity contribution is -0.121. The van der Waals surface area contributed by atoms with Crippen molar-refractivity contribution in [1.29, 1.82) is 0 Å². The van der Waals surface area contributed by atoms with E-state index in [4.69, 9.17) is 10.5 Å². The monoisotopic (exact) mass is 319 g/mol. The maximum Gasteiger partial charge on any atom is 0.339 e. The highest BCUT2D eigenvalue weighted by Gasteiger charge is 2.14. The molecule has 0 fully saturated rings. The minimum absolute atomic E-state index is 0.288. The third kappa shape index (κ3) is 4.33. The van der Waals surface area contributed by atoms with Crippen molar-refractivity contribution in [2.45, 2.75) is 10.6 Å². The predicted octanol–water partition coefficient (Wildman–Crippen LogP) is 2.76. The standard InChI is InChI=1S/C16H14FNO3S/c17-13-7-3-1-5-11(13)10-22-14-8-4-2-6-12(14)16(20)21-9-15(18)19/h1-8H,9-10H2,(H2,18,19). The van der Waals surface area contributed by atoms with Gasteiger partial charge in [0.1, 0.15) is 5.82 Å². The molecule has 6 heteroatoms. The molecular weight excluding hydrogens is 305 g/mol. The zero-order valence-corrected chi connectivity index (χ0v) is 12.4. The van der Waals surface area contributed by atoms with E-state index in [1.807, 2.05) is 0 Å². The van der Waals surface area contributed by atoms with Crippen LogP contribution >= 0.6 is 11.8 Å². The van der Waals surface area contributed by atoms with Crippen LogP contribution in [0.1, 0.15) is 15.9 Å². The first-order valence-electron chi connectivity index (χ1n) is 6.48. The van der Waals surface area contributed by atoms with Crippen LogP contribution in [0.5, 0.6) is 0 Å². The van der Waals surface area contributed by atoms with E-state index in [1.165, 1.54) is 17.8 Å². The van der Waals surface area contributed by atoms with E-state index < -0.39 is 18.5 Å². The molecule has 0 unspecified atom stereocenters. The van der Waals surface area contributed by atoms with Crippen molar-refractivity contribution < 1.29 is 18.7 Å². The maximum absolute atomic E-state index is 13.6. The fourth-order valence-electron chi connectivity index (χ4n) is 1.75. The van der Waals surface area contributed by atoms with Crippen LogP contribution in [0.4, 0.5) is 4.39 Å². The van der Waals surface area contributed by atoms with Crippen LogP contribution in [0.15, 0.2) is 53.4 Å². The van der Waals surface area contributed by atoms with Crippen molar-refractivity contribution in [3.8, 4) is 0 Å². The summed E-state index contributed by atoms with van der Waals surface area (Å²) in [5.41, 5.74) is 5.82. The Morgan fingerprint density at radius 3 is 2.50 bits per heavy atom. The molecule has 0 aliphatic carbocycles. The van der Waals surface area contributed by atoms with Crippen LogP contribution in [-0.4, -0.2) is 18.5 Å². The van der Waals surface area contributed by atoms with Crippen molar-refractivity contribution >= 4 is 23.6 Å². The van der Waals surface area contributed by atoms with Gasteiger partial charge in [-0.3, -0.25) is 4.79 Å². The molecule has 0 aliphatic rings. The van der Waals surface area contributed by atoms with Gasteiger partial charge in [-0.05, 0) is 23.8 Å². The van der Waals surface area contributed by atoms with Gasteiger partial charge in [0.15, 0.2) is 6.61 Å². The first-order chi connectivity index (χ1) is 10.6. The Hall–Kier alpha value is -2.34. The Morgan fingerprint density at radius 1 is 1.09 bits per heavy atom. The molecule has 1 amide bonds. The van der Waals surface area contributed by atoms with Gasteiger partial charge in [0, 0.05) is 10.6 Å². The van der Waals surface area contributed by atoms with E-state index in [0.29, 0.717) is 21.8 Å². The van der Waals surface area contributed by atoms with Gasteiger partial charge in [-0.25, -0.2) is 9.18 Å². The topological polar surface area (TPSA) is 69.4 Å². The second-order valence-electron chi connectivity index (χ2n) is 4.42. The minimum atomic E-state index is -0.718. The normalized spacial score (nSPS) is 10.2. The number of benzene rings is 2. The smallest absolute Gasteiger partial charge is 0.339 e. The van der Waals surface area contributed by atoms with Crippen LogP contribution in [-0.2, 0) is 15.3 Å². The molecule has 0 atom stereocenters. The summed E-state index contributed by atoms with van der Waals surface area (Å²) in [6, 6.07) is 13.3. The van der Waals surface area contributed by atoms with Gasteiger partial charge in [-0.15, -0.1) is 11.8 Å². The zero-order valence-electron chi connectivity index (χ0n) is 11.6. The first-order valence-corrected chi connectivity index (χ1v) is 7.47. The lowest BCUT2D eigenvalue weighted by Gasteiger charge is -2.09. The van der Waals surface area contributed by atoms with E-state index in [0.717, 1.165) is 0 Å². The van der Waals surface area contributed by atoms with Gasteiger partial charge in [-0.2, -0.15) is 0 Å². The van der Waals surface area contributed by atoms with Crippen LogP contribution < -0.4 is 5.73 Å². The summed E-state index contributed by atoms with van der Waals surface area (Å²) in [6.07, 6.45) is 0. The average Bonchev–Trinajstić information content (AvgIpc) is 2.52. The predicted molar refractivity (Wildman–Crippen MR) is 81.9 cm³/mol. The zero-order chi connectivity index (χ0) is 15.9. The molecule has 0 aliphatic heterocycles. The molecule has 0 radical (unpaired) electrons. The summed E-state index contributed by atoms with van der Waals surface area (Å²) in [6.45, 7) is -0.467. The summed E-state index contributed by atoms with van der Waals surface area (Å²) in [5.74, 6) is -1.25. The third-order valence-electron chi connectivity index (χ3n) is 2.79. The number of rotatable bonds is 6. The number of halogens is 1. The molecule has 2 aromatic carbocycles. The lowest BCUT2D eigenvalue weighted by Crippen LogP contribution is -2.21. The van der Waals surface area contributed by atoms with Crippen molar-refractivity contribution in [3.63, 3.8) is 0 Å². The molecule has 4 nitrogen and oxygen atoms in total. The van der Waals surface area contributed by atoms with Crippen LogP contribution in [0.2, 0.25) is 0 Å². The Bertz CT molecular complexity index is 691. The highest BCUT2D eigenvalue weighted by atomic mass is 32.2. The average molecular weight is 319 g/mol. The van der Waals surface area contributed by atoms with E-state index in [1.54, 1.807) is 42.5 Å². The van der Waals surface area contributed by atoms with Gasteiger partial charge < -0.3 is 10.5 Å². The van der Waals surface area contributed by atoms with Gasteiger partial charge in [0.05, 0.1) is 5.56 Å². The number of ether oxygens (including phenoxy) is 1. The van der Waals surface area contributed by atoms with Gasteiger partial charge in [0.2, 0.25) is 0 Å². The highest BCUT2D eigenvalue weighted by Crippen LogP contribution is 2.27. The summed E-state index contributed by atoms with van der Waals surface area (Å²) >= 11 is 1.32. The van der Waals surface area contributed by atoms with Crippen molar-refractivity contribution in [3.05, 3.63) is 65.5 Å². The minimum Gasteiger partial charge on any atom is -0.452 e. The van der Waals surface area contributed by atoms with Gasteiger partial charge >= 0.3 is 5.97 Å². The number of carbonyl (C=O) groups excluding carboxylic acids is 2. The fourth-order valence-corrected chi connectivity index (χ4v) is 2.77. The molecule has 0 saturated heterocycles. The van der Waals surface area contributed by atoms with E-state index in [-0.39, 0.29) is 5.82 Å². The molecule has 22 heavy (non-hydrogen) atoms. The largest absolute Gasteiger partial charge is 0.452 e. The molecule has 2 rings (SSSR count). The van der Waals surface area contributed by atoms with E-state index in [2.05, 4.69) is 0 Å². The van der Waals surface area contributed by atoms with Crippen LogP contribution in [0.3, 0.4) is 0 Å². The van der Waals surface area contributed by atoms with Crippen LogP contribution in [0.25, 0.3) is 0 Å².